The molecule has 3 aromatic rings. The Morgan fingerprint density at radius 3 is 2.50 bits per heavy atom. The number of benzene rings is 2. The van der Waals surface area contributed by atoms with Crippen molar-refractivity contribution < 1.29 is 9.72 Å². The first-order valence-electron chi connectivity index (χ1n) is 7.88. The standard InChI is InChI=1S/C19H16N4O3/c1-13-6-5-9-18(20-13)22-19(24)14-10-11-16(17(12-14)23(25)26)21-15-7-3-2-4-8-15/h2-12,21H,1H3,(H,20,22,24). The second-order valence-electron chi connectivity index (χ2n) is 5.60. The van der Waals surface area contributed by atoms with Crippen molar-refractivity contribution in [2.24, 2.45) is 0 Å². The first-order chi connectivity index (χ1) is 12.5. The average Bonchev–Trinajstić information content (AvgIpc) is 2.62. The Hall–Kier alpha value is -3.74. The zero-order chi connectivity index (χ0) is 18.5. The number of nitrogens with one attached hydrogen (secondary N) is 2. The summed E-state index contributed by atoms with van der Waals surface area (Å²) in [4.78, 5) is 27.5. The van der Waals surface area contributed by atoms with Crippen LogP contribution in [0.1, 0.15) is 16.1 Å². The van der Waals surface area contributed by atoms with Crippen molar-refractivity contribution in [3.63, 3.8) is 0 Å². The van der Waals surface area contributed by atoms with Crippen LogP contribution in [-0.4, -0.2) is 15.8 Å². The molecule has 0 atom stereocenters. The molecule has 0 aliphatic heterocycles. The highest BCUT2D eigenvalue weighted by Gasteiger charge is 2.18. The lowest BCUT2D eigenvalue weighted by Gasteiger charge is -2.09. The molecule has 0 aliphatic carbocycles. The highest BCUT2D eigenvalue weighted by atomic mass is 16.6. The van der Waals surface area contributed by atoms with Crippen LogP contribution in [0.4, 0.5) is 22.9 Å². The van der Waals surface area contributed by atoms with Gasteiger partial charge in [-0.25, -0.2) is 4.98 Å². The maximum absolute atomic E-state index is 12.4. The van der Waals surface area contributed by atoms with Crippen LogP contribution in [0.3, 0.4) is 0 Å². The lowest BCUT2D eigenvalue weighted by molar-refractivity contribution is -0.383. The summed E-state index contributed by atoms with van der Waals surface area (Å²) in [7, 11) is 0. The van der Waals surface area contributed by atoms with Crippen LogP contribution in [0.5, 0.6) is 0 Å². The summed E-state index contributed by atoms with van der Waals surface area (Å²) in [5.41, 5.74) is 1.79. The number of nitrogens with zero attached hydrogens (tertiary/aromatic N) is 2. The van der Waals surface area contributed by atoms with Crippen LogP contribution in [0, 0.1) is 17.0 Å². The first kappa shape index (κ1) is 17.1. The van der Waals surface area contributed by atoms with Gasteiger partial charge >= 0.3 is 0 Å². The quantitative estimate of drug-likeness (QED) is 0.529. The summed E-state index contributed by atoms with van der Waals surface area (Å²) >= 11 is 0. The fourth-order valence-corrected chi connectivity index (χ4v) is 2.41. The Kier molecular flexibility index (Phi) is 4.89. The number of carbonyl (C=O) groups excluding carboxylic acids is 1. The van der Waals surface area contributed by atoms with E-state index >= 15 is 0 Å². The first-order valence-corrected chi connectivity index (χ1v) is 7.88. The van der Waals surface area contributed by atoms with Crippen LogP contribution in [0.2, 0.25) is 0 Å². The van der Waals surface area contributed by atoms with E-state index in [1.54, 1.807) is 24.3 Å². The van der Waals surface area contributed by atoms with E-state index in [0.717, 1.165) is 11.4 Å². The molecule has 0 saturated carbocycles. The van der Waals surface area contributed by atoms with Gasteiger partial charge in [0.25, 0.3) is 11.6 Å². The number of amides is 1. The highest BCUT2D eigenvalue weighted by molar-refractivity contribution is 6.04. The van der Waals surface area contributed by atoms with Gasteiger partial charge < -0.3 is 10.6 Å². The monoisotopic (exact) mass is 348 g/mol. The largest absolute Gasteiger partial charge is 0.350 e. The molecule has 0 aliphatic rings. The van der Waals surface area contributed by atoms with Crippen molar-refractivity contribution in [1.29, 1.82) is 0 Å². The predicted octanol–water partition coefficient (Wildman–Crippen LogP) is 4.29. The molecule has 0 spiro atoms. The zero-order valence-electron chi connectivity index (χ0n) is 14.0. The molecule has 2 N–H and O–H groups in total. The van der Waals surface area contributed by atoms with Gasteiger partial charge in [-0.05, 0) is 43.3 Å². The van der Waals surface area contributed by atoms with E-state index in [9.17, 15) is 14.9 Å². The van der Waals surface area contributed by atoms with Crippen molar-refractivity contribution >= 4 is 28.8 Å². The SMILES string of the molecule is Cc1cccc(NC(=O)c2ccc(Nc3ccccc3)c([N+](=O)[O-])c2)n1. The molecule has 0 fully saturated rings. The van der Waals surface area contributed by atoms with E-state index in [1.165, 1.54) is 18.2 Å². The van der Waals surface area contributed by atoms with Gasteiger partial charge in [0.15, 0.2) is 0 Å². The molecule has 0 radical (unpaired) electrons. The number of anilines is 3. The summed E-state index contributed by atoms with van der Waals surface area (Å²) < 4.78 is 0. The summed E-state index contributed by atoms with van der Waals surface area (Å²) in [5, 5.41) is 17.0. The Balaban J connectivity index is 1.86. The second kappa shape index (κ2) is 7.43. The molecule has 2 aromatic carbocycles. The van der Waals surface area contributed by atoms with Crippen LogP contribution < -0.4 is 10.6 Å². The molecule has 0 bridgehead atoms. The third-order valence-corrected chi connectivity index (χ3v) is 3.64. The molecule has 7 nitrogen and oxygen atoms in total. The minimum atomic E-state index is -0.521. The molecule has 26 heavy (non-hydrogen) atoms. The van der Waals surface area contributed by atoms with Crippen LogP contribution >= 0.6 is 0 Å². The van der Waals surface area contributed by atoms with Crippen LogP contribution in [-0.2, 0) is 0 Å². The molecule has 0 saturated heterocycles. The molecular formula is C19H16N4O3. The number of aryl methyl sites for hydroxylation is 1. The summed E-state index contributed by atoms with van der Waals surface area (Å²) in [6, 6.07) is 18.6. The fraction of sp³-hybridized carbons (Fsp3) is 0.0526. The van der Waals surface area contributed by atoms with Crippen molar-refractivity contribution in [3.05, 3.63) is 88.1 Å². The van der Waals surface area contributed by atoms with Gasteiger partial charge in [-0.2, -0.15) is 0 Å². The normalized spacial score (nSPS) is 10.2. The lowest BCUT2D eigenvalue weighted by Crippen LogP contribution is -2.13. The van der Waals surface area contributed by atoms with Gasteiger partial charge in [0, 0.05) is 23.0 Å². The third kappa shape index (κ3) is 4.02. The average molecular weight is 348 g/mol. The number of hydrogen-bond donors (Lipinski definition) is 2. The van der Waals surface area contributed by atoms with E-state index in [-0.39, 0.29) is 11.3 Å². The second-order valence-corrected chi connectivity index (χ2v) is 5.60. The topological polar surface area (TPSA) is 97.2 Å². The Morgan fingerprint density at radius 2 is 1.81 bits per heavy atom. The van der Waals surface area contributed by atoms with E-state index in [4.69, 9.17) is 0 Å². The van der Waals surface area contributed by atoms with E-state index in [0.29, 0.717) is 11.5 Å². The van der Waals surface area contributed by atoms with Crippen LogP contribution in [0.25, 0.3) is 0 Å². The molecule has 7 heteroatoms. The van der Waals surface area contributed by atoms with Gasteiger partial charge in [-0.3, -0.25) is 14.9 Å². The number of carbonyl (C=O) groups is 1. The van der Waals surface area contributed by atoms with Crippen LogP contribution in [0.15, 0.2) is 66.7 Å². The van der Waals surface area contributed by atoms with Gasteiger partial charge in [0.05, 0.1) is 4.92 Å². The maximum Gasteiger partial charge on any atom is 0.293 e. The minimum absolute atomic E-state index is 0.179. The van der Waals surface area contributed by atoms with E-state index < -0.39 is 10.8 Å². The molecule has 1 aromatic heterocycles. The van der Waals surface area contributed by atoms with Gasteiger partial charge in [-0.15, -0.1) is 0 Å². The summed E-state index contributed by atoms with van der Waals surface area (Å²) in [6.45, 7) is 1.81. The number of para-hydroxylation sites is 1. The summed E-state index contributed by atoms with van der Waals surface area (Å²) in [6.07, 6.45) is 0. The number of rotatable bonds is 5. The molecule has 130 valence electrons. The fourth-order valence-electron chi connectivity index (χ4n) is 2.41. The number of aromatic nitrogens is 1. The molecular weight excluding hydrogens is 332 g/mol. The lowest BCUT2D eigenvalue weighted by atomic mass is 10.1. The van der Waals surface area contributed by atoms with Crippen molar-refractivity contribution in [2.45, 2.75) is 6.92 Å². The van der Waals surface area contributed by atoms with Gasteiger partial charge in [-0.1, -0.05) is 24.3 Å². The number of nitro groups is 1. The van der Waals surface area contributed by atoms with Crippen molar-refractivity contribution in [1.82, 2.24) is 4.98 Å². The predicted molar refractivity (Wildman–Crippen MR) is 99.7 cm³/mol. The Labute approximate surface area is 149 Å². The number of hydrogen-bond acceptors (Lipinski definition) is 5. The van der Waals surface area contributed by atoms with Gasteiger partial charge in [0.2, 0.25) is 0 Å². The summed E-state index contributed by atoms with van der Waals surface area (Å²) in [5.74, 6) is -0.0680. The zero-order valence-corrected chi connectivity index (χ0v) is 14.0. The molecule has 0 unspecified atom stereocenters. The molecule has 1 amide bonds. The van der Waals surface area contributed by atoms with E-state index in [2.05, 4.69) is 15.6 Å². The smallest absolute Gasteiger partial charge is 0.293 e. The minimum Gasteiger partial charge on any atom is -0.350 e. The van der Waals surface area contributed by atoms with E-state index in [1.807, 2.05) is 31.2 Å². The third-order valence-electron chi connectivity index (χ3n) is 3.64. The Bertz CT molecular complexity index is 958. The van der Waals surface area contributed by atoms with Crippen molar-refractivity contribution in [3.8, 4) is 0 Å². The molecule has 1 heterocycles. The highest BCUT2D eigenvalue weighted by Crippen LogP contribution is 2.29. The van der Waals surface area contributed by atoms with Gasteiger partial charge in [0.1, 0.15) is 11.5 Å². The van der Waals surface area contributed by atoms with Crippen molar-refractivity contribution in [2.75, 3.05) is 10.6 Å². The molecule has 3 rings (SSSR count). The Morgan fingerprint density at radius 1 is 1.04 bits per heavy atom. The number of nitro benzene ring substituents is 1. The number of pyridine rings is 1. The maximum atomic E-state index is 12.4.